The van der Waals surface area contributed by atoms with Crippen molar-refractivity contribution in [3.05, 3.63) is 23.6 Å². The third-order valence-corrected chi connectivity index (χ3v) is 3.12. The number of amides is 1. The number of phenolic OH excluding ortho intramolecular Hbond substituents is 1. The molecule has 1 aromatic carbocycles. The van der Waals surface area contributed by atoms with Crippen LogP contribution in [0.4, 0.5) is 15.6 Å². The standard InChI is InChI=1S/C14H17N3O3S/c1-14(2,3)20-13(19)17-9-6-8(4-5-11(9)18)10-7-21-12(15)16-10/h4-7,18H,1-3H3,(H2,15,16)(H,17,19). The first kappa shape index (κ1) is 15.1. The molecule has 0 bridgehead atoms. The minimum Gasteiger partial charge on any atom is -0.506 e. The molecule has 0 aliphatic heterocycles. The first-order chi connectivity index (χ1) is 9.74. The summed E-state index contributed by atoms with van der Waals surface area (Å²) >= 11 is 1.32. The lowest BCUT2D eigenvalue weighted by Gasteiger charge is -2.20. The highest BCUT2D eigenvalue weighted by atomic mass is 32.1. The molecule has 0 atom stereocenters. The highest BCUT2D eigenvalue weighted by Crippen LogP contribution is 2.31. The van der Waals surface area contributed by atoms with Crippen molar-refractivity contribution < 1.29 is 14.6 Å². The molecule has 0 spiro atoms. The molecule has 4 N–H and O–H groups in total. The number of nitrogens with zero attached hydrogens (tertiary/aromatic N) is 1. The molecule has 0 saturated heterocycles. The molecule has 1 aromatic heterocycles. The highest BCUT2D eigenvalue weighted by Gasteiger charge is 2.17. The van der Waals surface area contributed by atoms with Crippen LogP contribution < -0.4 is 11.1 Å². The lowest BCUT2D eigenvalue weighted by Crippen LogP contribution is -2.27. The molecule has 21 heavy (non-hydrogen) atoms. The molecular formula is C14H17N3O3S. The zero-order valence-electron chi connectivity index (χ0n) is 12.0. The minimum atomic E-state index is -0.632. The average molecular weight is 307 g/mol. The number of carbonyl (C=O) groups excluding carboxylic acids is 1. The first-order valence-electron chi connectivity index (χ1n) is 6.29. The van der Waals surface area contributed by atoms with Gasteiger partial charge in [0.15, 0.2) is 5.13 Å². The van der Waals surface area contributed by atoms with Crippen molar-refractivity contribution in [1.82, 2.24) is 4.98 Å². The van der Waals surface area contributed by atoms with Crippen LogP contribution in [0.25, 0.3) is 11.3 Å². The summed E-state index contributed by atoms with van der Waals surface area (Å²) in [5, 5.41) is 14.6. The van der Waals surface area contributed by atoms with Gasteiger partial charge in [-0.05, 0) is 39.0 Å². The van der Waals surface area contributed by atoms with E-state index >= 15 is 0 Å². The Bertz CT molecular complexity index is 662. The van der Waals surface area contributed by atoms with Crippen molar-refractivity contribution in [2.24, 2.45) is 0 Å². The molecule has 7 heteroatoms. The van der Waals surface area contributed by atoms with Crippen molar-refractivity contribution in [1.29, 1.82) is 0 Å². The predicted octanol–water partition coefficient (Wildman–Crippen LogP) is 3.44. The van der Waals surface area contributed by atoms with E-state index in [9.17, 15) is 9.90 Å². The van der Waals surface area contributed by atoms with E-state index in [1.165, 1.54) is 17.4 Å². The summed E-state index contributed by atoms with van der Waals surface area (Å²) < 4.78 is 5.15. The van der Waals surface area contributed by atoms with Crippen molar-refractivity contribution in [3.8, 4) is 17.0 Å². The van der Waals surface area contributed by atoms with Gasteiger partial charge in [-0.25, -0.2) is 9.78 Å². The van der Waals surface area contributed by atoms with E-state index in [2.05, 4.69) is 10.3 Å². The molecule has 0 aliphatic carbocycles. The molecule has 0 radical (unpaired) electrons. The van der Waals surface area contributed by atoms with Crippen LogP contribution in [0.3, 0.4) is 0 Å². The van der Waals surface area contributed by atoms with Gasteiger partial charge in [0.25, 0.3) is 0 Å². The number of hydrogen-bond acceptors (Lipinski definition) is 6. The SMILES string of the molecule is CC(C)(C)OC(=O)Nc1cc(-c2csc(N)n2)ccc1O. The smallest absolute Gasteiger partial charge is 0.412 e. The topological polar surface area (TPSA) is 97.5 Å². The normalized spacial score (nSPS) is 11.2. The molecule has 6 nitrogen and oxygen atoms in total. The van der Waals surface area contributed by atoms with Crippen LogP contribution in [0.5, 0.6) is 5.75 Å². The molecule has 0 aliphatic rings. The monoisotopic (exact) mass is 307 g/mol. The predicted molar refractivity (Wildman–Crippen MR) is 83.5 cm³/mol. The highest BCUT2D eigenvalue weighted by molar-refractivity contribution is 7.13. The van der Waals surface area contributed by atoms with Crippen molar-refractivity contribution in [2.45, 2.75) is 26.4 Å². The maximum atomic E-state index is 11.8. The number of anilines is 2. The molecule has 1 heterocycles. The van der Waals surface area contributed by atoms with Crippen LogP contribution in [-0.4, -0.2) is 21.8 Å². The first-order valence-corrected chi connectivity index (χ1v) is 7.17. The number of rotatable bonds is 2. The number of nitrogens with two attached hydrogens (primary N) is 1. The number of phenols is 1. The summed E-state index contributed by atoms with van der Waals surface area (Å²) in [6.07, 6.45) is -0.632. The molecule has 0 saturated carbocycles. The summed E-state index contributed by atoms with van der Waals surface area (Å²) in [4.78, 5) is 15.9. The number of ether oxygens (including phenoxy) is 1. The Labute approximate surface area is 126 Å². The van der Waals surface area contributed by atoms with Crippen LogP contribution in [0.2, 0.25) is 0 Å². The minimum absolute atomic E-state index is 0.0483. The molecule has 2 rings (SSSR count). The number of carbonyl (C=O) groups is 1. The van der Waals surface area contributed by atoms with Gasteiger partial charge in [-0.3, -0.25) is 5.32 Å². The number of nitrogens with one attached hydrogen (secondary N) is 1. The van der Waals surface area contributed by atoms with Gasteiger partial charge in [0, 0.05) is 10.9 Å². The van der Waals surface area contributed by atoms with Crippen LogP contribution in [0, 0.1) is 0 Å². The zero-order valence-corrected chi connectivity index (χ0v) is 12.8. The Morgan fingerprint density at radius 3 is 2.71 bits per heavy atom. The summed E-state index contributed by atoms with van der Waals surface area (Å²) in [6, 6.07) is 4.80. The van der Waals surface area contributed by atoms with E-state index < -0.39 is 11.7 Å². The number of thiazole rings is 1. The summed E-state index contributed by atoms with van der Waals surface area (Å²) in [6.45, 7) is 5.29. The van der Waals surface area contributed by atoms with Gasteiger partial charge in [0.05, 0.1) is 11.4 Å². The van der Waals surface area contributed by atoms with Crippen LogP contribution >= 0.6 is 11.3 Å². The fourth-order valence-corrected chi connectivity index (χ4v) is 2.20. The summed E-state index contributed by atoms with van der Waals surface area (Å²) in [7, 11) is 0. The Hall–Kier alpha value is -2.28. The Kier molecular flexibility index (Phi) is 4.04. The average Bonchev–Trinajstić information content (AvgIpc) is 2.76. The van der Waals surface area contributed by atoms with Gasteiger partial charge >= 0.3 is 6.09 Å². The molecule has 2 aromatic rings. The maximum Gasteiger partial charge on any atom is 0.412 e. The van der Waals surface area contributed by atoms with E-state index in [4.69, 9.17) is 10.5 Å². The number of hydrogen-bond donors (Lipinski definition) is 3. The third-order valence-electron chi connectivity index (χ3n) is 2.45. The van der Waals surface area contributed by atoms with Crippen LogP contribution in [-0.2, 0) is 4.74 Å². The van der Waals surface area contributed by atoms with E-state index in [0.717, 1.165) is 5.56 Å². The maximum absolute atomic E-state index is 11.8. The Balaban J connectivity index is 2.22. The van der Waals surface area contributed by atoms with Crippen molar-refractivity contribution >= 4 is 28.2 Å². The summed E-state index contributed by atoms with van der Waals surface area (Å²) in [5.74, 6) is -0.0483. The van der Waals surface area contributed by atoms with Crippen LogP contribution in [0.15, 0.2) is 23.6 Å². The summed E-state index contributed by atoms with van der Waals surface area (Å²) in [5.41, 5.74) is 6.68. The largest absolute Gasteiger partial charge is 0.506 e. The zero-order chi connectivity index (χ0) is 15.6. The van der Waals surface area contributed by atoms with E-state index in [1.807, 2.05) is 0 Å². The van der Waals surface area contributed by atoms with E-state index in [-0.39, 0.29) is 11.4 Å². The molecular weight excluding hydrogens is 290 g/mol. The van der Waals surface area contributed by atoms with Crippen molar-refractivity contribution in [3.63, 3.8) is 0 Å². The van der Waals surface area contributed by atoms with Gasteiger partial charge in [-0.2, -0.15) is 0 Å². The molecule has 0 unspecified atom stereocenters. The van der Waals surface area contributed by atoms with Gasteiger partial charge in [-0.15, -0.1) is 11.3 Å². The fourth-order valence-electron chi connectivity index (χ4n) is 1.63. The molecule has 0 fully saturated rings. The van der Waals surface area contributed by atoms with Crippen molar-refractivity contribution in [2.75, 3.05) is 11.1 Å². The number of benzene rings is 1. The second-order valence-corrected chi connectivity index (χ2v) is 6.32. The quantitative estimate of drug-likeness (QED) is 0.738. The number of aromatic hydroxyl groups is 1. The Morgan fingerprint density at radius 2 is 2.14 bits per heavy atom. The number of nitrogen functional groups attached to an aromatic ring is 1. The lowest BCUT2D eigenvalue weighted by atomic mass is 10.1. The van der Waals surface area contributed by atoms with Gasteiger partial charge in [0.2, 0.25) is 0 Å². The fraction of sp³-hybridized carbons (Fsp3) is 0.286. The van der Waals surface area contributed by atoms with Gasteiger partial charge in [-0.1, -0.05) is 0 Å². The third kappa shape index (κ3) is 4.09. The molecule has 112 valence electrons. The second kappa shape index (κ2) is 5.61. The lowest BCUT2D eigenvalue weighted by molar-refractivity contribution is 0.0635. The Morgan fingerprint density at radius 1 is 1.43 bits per heavy atom. The van der Waals surface area contributed by atoms with Crippen LogP contribution in [0.1, 0.15) is 20.8 Å². The van der Waals surface area contributed by atoms with Gasteiger partial charge in [0.1, 0.15) is 11.4 Å². The van der Waals surface area contributed by atoms with Gasteiger partial charge < -0.3 is 15.6 Å². The van der Waals surface area contributed by atoms with E-state index in [0.29, 0.717) is 10.8 Å². The molecule has 1 amide bonds. The van der Waals surface area contributed by atoms with E-state index in [1.54, 1.807) is 38.3 Å². The second-order valence-electron chi connectivity index (χ2n) is 5.43. The number of aromatic nitrogens is 1.